The van der Waals surface area contributed by atoms with Gasteiger partial charge in [0.25, 0.3) is 11.1 Å². The van der Waals surface area contributed by atoms with Gasteiger partial charge in [-0.2, -0.15) is 26.3 Å². The van der Waals surface area contributed by atoms with Crippen molar-refractivity contribution in [3.8, 4) is 5.75 Å². The Morgan fingerprint density at radius 2 is 1.55 bits per heavy atom. The Balaban J connectivity index is 2.91. The SMILES string of the molecule is COCc1ccc(OS(=O)C(F)(F)C(F)(F)C(C)(F)F)cc1. The highest BCUT2D eigenvalue weighted by molar-refractivity contribution is 7.81. The number of rotatable bonds is 7. The van der Waals surface area contributed by atoms with Gasteiger partial charge in [0.1, 0.15) is 5.75 Å². The molecule has 0 saturated carbocycles. The summed E-state index contributed by atoms with van der Waals surface area (Å²) in [5.41, 5.74) is 0.609. The molecule has 0 saturated heterocycles. The summed E-state index contributed by atoms with van der Waals surface area (Å²) >= 11 is -4.00. The van der Waals surface area contributed by atoms with Crippen molar-refractivity contribution in [2.45, 2.75) is 30.6 Å². The summed E-state index contributed by atoms with van der Waals surface area (Å²) in [6.07, 6.45) is 0. The van der Waals surface area contributed by atoms with E-state index in [9.17, 15) is 30.6 Å². The molecule has 0 spiro atoms. The maximum absolute atomic E-state index is 13.3. The molecule has 0 amide bonds. The van der Waals surface area contributed by atoms with E-state index in [1.165, 1.54) is 19.2 Å². The van der Waals surface area contributed by atoms with Crippen molar-refractivity contribution >= 4 is 11.1 Å². The van der Waals surface area contributed by atoms with Crippen molar-refractivity contribution in [3.63, 3.8) is 0 Å². The zero-order valence-corrected chi connectivity index (χ0v) is 12.2. The third-order valence-corrected chi connectivity index (χ3v) is 3.55. The highest BCUT2D eigenvalue weighted by Gasteiger charge is 2.73. The Bertz CT molecular complexity index is 527. The van der Waals surface area contributed by atoms with Crippen molar-refractivity contribution < 1.29 is 39.5 Å². The lowest BCUT2D eigenvalue weighted by molar-refractivity contribution is -0.271. The lowest BCUT2D eigenvalue weighted by Crippen LogP contribution is -2.55. The number of halogens is 6. The molecule has 10 heteroatoms. The second-order valence-electron chi connectivity index (χ2n) is 4.37. The molecule has 0 aliphatic carbocycles. The smallest absolute Gasteiger partial charge is 0.396 e. The van der Waals surface area contributed by atoms with Crippen LogP contribution in [-0.4, -0.2) is 28.4 Å². The van der Waals surface area contributed by atoms with Gasteiger partial charge in [-0.25, -0.2) is 4.21 Å². The van der Waals surface area contributed by atoms with Crippen molar-refractivity contribution in [1.29, 1.82) is 0 Å². The summed E-state index contributed by atoms with van der Waals surface area (Å²) in [7, 11) is 1.41. The maximum atomic E-state index is 13.3. The molecule has 1 atom stereocenters. The van der Waals surface area contributed by atoms with Crippen LogP contribution in [-0.2, 0) is 22.4 Å². The number of alkyl halides is 6. The fourth-order valence-corrected chi connectivity index (χ4v) is 2.09. The highest BCUT2D eigenvalue weighted by atomic mass is 32.2. The van der Waals surface area contributed by atoms with Crippen molar-refractivity contribution in [3.05, 3.63) is 29.8 Å². The van der Waals surface area contributed by atoms with Crippen LogP contribution in [0.25, 0.3) is 0 Å². The van der Waals surface area contributed by atoms with Gasteiger partial charge in [-0.15, -0.1) is 0 Å². The predicted octanol–water partition coefficient (Wildman–Crippen LogP) is 3.76. The zero-order chi connectivity index (χ0) is 17.2. The molecular weight excluding hydrogens is 338 g/mol. The monoisotopic (exact) mass is 350 g/mol. The molecule has 0 aromatic heterocycles. The van der Waals surface area contributed by atoms with E-state index in [1.54, 1.807) is 0 Å². The van der Waals surface area contributed by atoms with Crippen LogP contribution in [0.2, 0.25) is 0 Å². The van der Waals surface area contributed by atoms with Crippen LogP contribution in [0.15, 0.2) is 24.3 Å². The van der Waals surface area contributed by atoms with Gasteiger partial charge >= 0.3 is 17.1 Å². The number of ether oxygens (including phenoxy) is 1. The van der Waals surface area contributed by atoms with E-state index >= 15 is 0 Å². The molecule has 0 fully saturated rings. The van der Waals surface area contributed by atoms with E-state index in [1.807, 2.05) is 0 Å². The first-order valence-electron chi connectivity index (χ1n) is 5.75. The summed E-state index contributed by atoms with van der Waals surface area (Å²) in [6, 6.07) is 4.84. The molecule has 22 heavy (non-hydrogen) atoms. The second-order valence-corrected chi connectivity index (χ2v) is 5.52. The molecule has 0 N–H and O–H groups in total. The molecule has 0 bridgehead atoms. The lowest BCUT2D eigenvalue weighted by atomic mass is 10.2. The molecule has 3 nitrogen and oxygen atoms in total. The number of hydrogen-bond acceptors (Lipinski definition) is 3. The third kappa shape index (κ3) is 3.72. The molecule has 1 aromatic rings. The summed E-state index contributed by atoms with van der Waals surface area (Å²) in [5, 5.41) is -5.57. The van der Waals surface area contributed by atoms with Gasteiger partial charge in [0.2, 0.25) is 0 Å². The molecule has 0 radical (unpaired) electrons. The Morgan fingerprint density at radius 1 is 1.05 bits per heavy atom. The Morgan fingerprint density at radius 3 is 1.95 bits per heavy atom. The number of benzene rings is 1. The van der Waals surface area contributed by atoms with Crippen LogP contribution in [0.5, 0.6) is 5.75 Å². The normalized spacial score (nSPS) is 14.7. The van der Waals surface area contributed by atoms with Gasteiger partial charge in [-0.05, 0) is 17.7 Å². The van der Waals surface area contributed by atoms with Gasteiger partial charge in [-0.1, -0.05) is 12.1 Å². The van der Waals surface area contributed by atoms with Crippen LogP contribution >= 0.6 is 0 Å². The quantitative estimate of drug-likeness (QED) is 0.703. The molecular formula is C12H12F6O3S. The van der Waals surface area contributed by atoms with Crippen molar-refractivity contribution in [2.24, 2.45) is 0 Å². The zero-order valence-electron chi connectivity index (χ0n) is 11.4. The number of hydrogen-bond donors (Lipinski definition) is 0. The van der Waals surface area contributed by atoms with Gasteiger partial charge < -0.3 is 8.92 Å². The lowest BCUT2D eigenvalue weighted by Gasteiger charge is -2.29. The van der Waals surface area contributed by atoms with E-state index in [0.29, 0.717) is 5.56 Å². The van der Waals surface area contributed by atoms with Gasteiger partial charge in [-0.3, -0.25) is 0 Å². The first-order valence-corrected chi connectivity index (χ1v) is 6.82. The van der Waals surface area contributed by atoms with Crippen molar-refractivity contribution in [2.75, 3.05) is 7.11 Å². The van der Waals surface area contributed by atoms with Crippen LogP contribution in [0.3, 0.4) is 0 Å². The fourth-order valence-electron chi connectivity index (χ4n) is 1.31. The first-order chi connectivity index (χ1) is 9.93. The Kier molecular flexibility index (Phi) is 5.50. The predicted molar refractivity (Wildman–Crippen MR) is 66.4 cm³/mol. The molecule has 1 rings (SSSR count). The summed E-state index contributed by atoms with van der Waals surface area (Å²) in [5.74, 6) is -11.3. The van der Waals surface area contributed by atoms with Gasteiger partial charge in [0.15, 0.2) is 0 Å². The van der Waals surface area contributed by atoms with E-state index in [2.05, 4.69) is 4.18 Å². The summed E-state index contributed by atoms with van der Waals surface area (Å²) in [6.45, 7) is -0.197. The molecule has 1 aromatic carbocycles. The fraction of sp³-hybridized carbons (Fsp3) is 0.500. The average Bonchev–Trinajstić information content (AvgIpc) is 2.39. The summed E-state index contributed by atoms with van der Waals surface area (Å²) in [4.78, 5) is 0. The van der Waals surface area contributed by atoms with Crippen molar-refractivity contribution in [1.82, 2.24) is 0 Å². The van der Waals surface area contributed by atoms with Gasteiger partial charge in [0, 0.05) is 14.0 Å². The topological polar surface area (TPSA) is 35.5 Å². The average molecular weight is 350 g/mol. The van der Waals surface area contributed by atoms with Crippen LogP contribution < -0.4 is 4.18 Å². The molecule has 126 valence electrons. The molecule has 0 aliphatic rings. The maximum Gasteiger partial charge on any atom is 0.423 e. The Hall–Kier alpha value is -1.29. The minimum atomic E-state index is -5.83. The molecule has 1 unspecified atom stereocenters. The van der Waals surface area contributed by atoms with Crippen LogP contribution in [0.4, 0.5) is 26.3 Å². The minimum Gasteiger partial charge on any atom is -0.396 e. The Labute approximate surface area is 124 Å². The van der Waals surface area contributed by atoms with E-state index in [0.717, 1.165) is 12.1 Å². The van der Waals surface area contributed by atoms with Gasteiger partial charge in [0.05, 0.1) is 6.61 Å². The standard InChI is InChI=1S/C12H12F6O3S/c1-10(13,14)11(15,16)12(17,18)22(19)21-9-5-3-8(4-6-9)7-20-2/h3-6H,7H2,1-2H3. The largest absolute Gasteiger partial charge is 0.423 e. The van der Waals surface area contributed by atoms with E-state index in [-0.39, 0.29) is 6.61 Å². The second kappa shape index (κ2) is 6.45. The summed E-state index contributed by atoms with van der Waals surface area (Å²) < 4.78 is 98.1. The van der Waals surface area contributed by atoms with Crippen LogP contribution in [0, 0.1) is 0 Å². The third-order valence-electron chi connectivity index (χ3n) is 2.53. The van der Waals surface area contributed by atoms with E-state index in [4.69, 9.17) is 4.74 Å². The van der Waals surface area contributed by atoms with Crippen LogP contribution in [0.1, 0.15) is 12.5 Å². The molecule has 0 heterocycles. The molecule has 0 aliphatic heterocycles. The first kappa shape index (κ1) is 18.8. The minimum absolute atomic E-state index is 0.194. The number of methoxy groups -OCH3 is 1. The van der Waals surface area contributed by atoms with E-state index < -0.39 is 40.9 Å². The highest BCUT2D eigenvalue weighted by Crippen LogP contribution is 2.47.